The fraction of sp³-hybridized carbons (Fsp3) is 0.438. The molecule has 0 spiro atoms. The zero-order chi connectivity index (χ0) is 18.1. The molecule has 132 valence electrons. The zero-order valence-corrected chi connectivity index (χ0v) is 15.9. The molecule has 0 aliphatic heterocycles. The smallest absolute Gasteiger partial charge is 0.178 e. The molecule has 0 amide bonds. The average Bonchev–Trinajstić information content (AvgIpc) is 2.47. The van der Waals surface area contributed by atoms with E-state index in [2.05, 4.69) is 4.98 Å². The van der Waals surface area contributed by atoms with Crippen LogP contribution >= 0.6 is 23.2 Å². The molecule has 8 heteroatoms. The summed E-state index contributed by atoms with van der Waals surface area (Å²) in [4.78, 5) is 4.05. The van der Waals surface area contributed by atoms with Crippen LogP contribution in [0.5, 0.6) is 0 Å². The van der Waals surface area contributed by atoms with Crippen LogP contribution in [0.4, 0.5) is 0 Å². The number of hydrogen-bond acceptors (Lipinski definition) is 5. The molecule has 0 bridgehead atoms. The van der Waals surface area contributed by atoms with E-state index >= 15 is 0 Å². The van der Waals surface area contributed by atoms with Gasteiger partial charge in [0.25, 0.3) is 0 Å². The molecular formula is C16H19Cl2NO4S. The second-order valence-corrected chi connectivity index (χ2v) is 8.47. The molecule has 1 heterocycles. The number of nitrogens with zero attached hydrogens (tertiary/aromatic N) is 1. The highest BCUT2D eigenvalue weighted by Gasteiger charge is 2.41. The fourth-order valence-corrected chi connectivity index (χ4v) is 4.04. The Morgan fingerprint density at radius 2 is 2.08 bits per heavy atom. The van der Waals surface area contributed by atoms with E-state index in [0.717, 1.165) is 6.26 Å². The molecule has 1 aromatic rings. The first-order valence-corrected chi connectivity index (χ1v) is 10.0. The van der Waals surface area contributed by atoms with Gasteiger partial charge in [-0.15, -0.1) is 0 Å². The Morgan fingerprint density at radius 1 is 1.42 bits per heavy atom. The normalized spacial score (nSPS) is 24.3. The number of hydrogen-bond donors (Lipinski definition) is 1. The van der Waals surface area contributed by atoms with Gasteiger partial charge in [-0.1, -0.05) is 36.2 Å². The lowest BCUT2D eigenvalue weighted by molar-refractivity contribution is 0.0200. The van der Waals surface area contributed by atoms with Crippen molar-refractivity contribution in [2.24, 2.45) is 5.92 Å². The quantitative estimate of drug-likeness (QED) is 0.779. The van der Waals surface area contributed by atoms with Crippen molar-refractivity contribution in [1.29, 1.82) is 0 Å². The summed E-state index contributed by atoms with van der Waals surface area (Å²) in [6.45, 7) is 3.75. The minimum Gasteiger partial charge on any atom is -0.496 e. The van der Waals surface area contributed by atoms with Crippen LogP contribution in [-0.2, 0) is 21.0 Å². The number of aliphatic hydroxyl groups is 1. The topological polar surface area (TPSA) is 76.5 Å². The number of pyridine rings is 1. The van der Waals surface area contributed by atoms with Gasteiger partial charge < -0.3 is 9.84 Å². The molecule has 0 fully saturated rings. The minimum absolute atomic E-state index is 0.0740. The molecular weight excluding hydrogens is 373 g/mol. The van der Waals surface area contributed by atoms with Crippen LogP contribution in [0, 0.1) is 5.92 Å². The van der Waals surface area contributed by atoms with Crippen LogP contribution in [0.15, 0.2) is 35.1 Å². The summed E-state index contributed by atoms with van der Waals surface area (Å²) in [6.07, 6.45) is 5.50. The number of aromatic nitrogens is 1. The molecule has 1 N–H and O–H groups in total. The monoisotopic (exact) mass is 391 g/mol. The van der Waals surface area contributed by atoms with Gasteiger partial charge in [0.2, 0.25) is 0 Å². The number of ether oxygens (including phenoxy) is 1. The first-order valence-electron chi connectivity index (χ1n) is 7.37. The first kappa shape index (κ1) is 19.2. The molecule has 0 saturated heterocycles. The lowest BCUT2D eigenvalue weighted by atomic mass is 9.79. The van der Waals surface area contributed by atoms with Crippen LogP contribution < -0.4 is 0 Å². The van der Waals surface area contributed by atoms with Crippen molar-refractivity contribution in [2.75, 3.05) is 12.9 Å². The average molecular weight is 392 g/mol. The molecule has 0 saturated carbocycles. The fourth-order valence-electron chi connectivity index (χ4n) is 2.64. The Kier molecular flexibility index (Phi) is 5.64. The highest BCUT2D eigenvalue weighted by atomic mass is 35.5. The van der Waals surface area contributed by atoms with E-state index in [1.807, 2.05) is 0 Å². The van der Waals surface area contributed by atoms with E-state index in [0.29, 0.717) is 10.6 Å². The first-order chi connectivity index (χ1) is 11.1. The van der Waals surface area contributed by atoms with Gasteiger partial charge in [0.15, 0.2) is 9.84 Å². The number of rotatable bonds is 5. The van der Waals surface area contributed by atoms with Crippen LogP contribution in [0.2, 0.25) is 10.2 Å². The van der Waals surface area contributed by atoms with E-state index < -0.39 is 21.4 Å². The Labute approximate surface area is 151 Å². The van der Waals surface area contributed by atoms with Gasteiger partial charge in [-0.3, -0.25) is 0 Å². The van der Waals surface area contributed by atoms with Gasteiger partial charge in [-0.05, 0) is 19.1 Å². The second kappa shape index (κ2) is 7.04. The van der Waals surface area contributed by atoms with Gasteiger partial charge in [0.1, 0.15) is 15.8 Å². The van der Waals surface area contributed by atoms with E-state index in [-0.39, 0.29) is 28.8 Å². The molecule has 1 aliphatic carbocycles. The lowest BCUT2D eigenvalue weighted by Crippen LogP contribution is -2.41. The molecule has 0 aromatic carbocycles. The van der Waals surface area contributed by atoms with Crippen molar-refractivity contribution in [3.8, 4) is 0 Å². The highest BCUT2D eigenvalue weighted by molar-refractivity contribution is 7.94. The molecule has 5 nitrogen and oxygen atoms in total. The Morgan fingerprint density at radius 3 is 2.62 bits per heavy atom. The zero-order valence-electron chi connectivity index (χ0n) is 13.6. The van der Waals surface area contributed by atoms with Crippen molar-refractivity contribution in [1.82, 2.24) is 4.98 Å². The molecule has 2 unspecified atom stereocenters. The third-order valence-electron chi connectivity index (χ3n) is 4.01. The summed E-state index contributed by atoms with van der Waals surface area (Å²) in [5, 5.41) is 11.7. The maximum Gasteiger partial charge on any atom is 0.178 e. The van der Waals surface area contributed by atoms with Gasteiger partial charge in [0, 0.05) is 35.4 Å². The molecule has 1 aliphatic rings. The summed E-state index contributed by atoms with van der Waals surface area (Å²) in [6, 6.07) is 1.59. The number of allylic oxidation sites excluding steroid dienone is 1. The summed E-state index contributed by atoms with van der Waals surface area (Å²) < 4.78 is 29.5. The van der Waals surface area contributed by atoms with Crippen LogP contribution in [0.3, 0.4) is 0 Å². The highest BCUT2D eigenvalue weighted by Crippen LogP contribution is 2.39. The SMILES string of the molecule is CCOC1=C(S(C)(=O)=O)C=CC(O)(Cc2c(Cl)ccnc2Cl)C1C. The predicted molar refractivity (Wildman–Crippen MR) is 94.7 cm³/mol. The van der Waals surface area contributed by atoms with Crippen molar-refractivity contribution < 1.29 is 18.3 Å². The molecule has 2 rings (SSSR count). The summed E-state index contributed by atoms with van der Waals surface area (Å²) in [5.41, 5.74) is -0.895. The van der Waals surface area contributed by atoms with Gasteiger partial charge in [0.05, 0.1) is 12.2 Å². The third kappa shape index (κ3) is 3.77. The maximum absolute atomic E-state index is 12.0. The van der Waals surface area contributed by atoms with Crippen molar-refractivity contribution in [3.63, 3.8) is 0 Å². The Hall–Kier alpha value is -1.08. The lowest BCUT2D eigenvalue weighted by Gasteiger charge is -2.36. The standard InChI is InChI=1S/C16H19Cl2NO4S/c1-4-23-14-10(2)16(20,7-5-13(14)24(3,21)22)9-11-12(17)6-8-19-15(11)18/h5-8,10,20H,4,9H2,1-3H3. The van der Waals surface area contributed by atoms with Gasteiger partial charge in [-0.25, -0.2) is 13.4 Å². The molecule has 2 atom stereocenters. The summed E-state index contributed by atoms with van der Waals surface area (Å²) in [7, 11) is -3.48. The van der Waals surface area contributed by atoms with E-state index in [1.165, 1.54) is 18.3 Å². The maximum atomic E-state index is 12.0. The van der Waals surface area contributed by atoms with Gasteiger partial charge in [-0.2, -0.15) is 0 Å². The van der Waals surface area contributed by atoms with E-state index in [1.54, 1.807) is 19.9 Å². The van der Waals surface area contributed by atoms with E-state index in [9.17, 15) is 13.5 Å². The molecule has 1 aromatic heterocycles. The minimum atomic E-state index is -3.48. The van der Waals surface area contributed by atoms with Crippen LogP contribution in [0.25, 0.3) is 0 Å². The van der Waals surface area contributed by atoms with Crippen molar-refractivity contribution in [2.45, 2.75) is 25.9 Å². The van der Waals surface area contributed by atoms with Crippen molar-refractivity contribution in [3.05, 3.63) is 50.8 Å². The molecule has 24 heavy (non-hydrogen) atoms. The van der Waals surface area contributed by atoms with Crippen LogP contribution in [0.1, 0.15) is 19.4 Å². The molecule has 0 radical (unpaired) electrons. The Balaban J connectivity index is 2.47. The number of halogens is 2. The second-order valence-electron chi connectivity index (χ2n) is 5.72. The summed E-state index contributed by atoms with van der Waals surface area (Å²) >= 11 is 12.2. The van der Waals surface area contributed by atoms with Crippen molar-refractivity contribution >= 4 is 33.0 Å². The van der Waals surface area contributed by atoms with Gasteiger partial charge >= 0.3 is 0 Å². The van der Waals surface area contributed by atoms with E-state index in [4.69, 9.17) is 27.9 Å². The largest absolute Gasteiger partial charge is 0.496 e. The summed E-state index contributed by atoms with van der Waals surface area (Å²) in [5.74, 6) is -0.361. The predicted octanol–water partition coefficient (Wildman–Crippen LogP) is 3.16. The Bertz CT molecular complexity index is 784. The third-order valence-corrected chi connectivity index (χ3v) is 5.83. The van der Waals surface area contributed by atoms with Crippen LogP contribution in [-0.4, -0.2) is 37.0 Å². The number of sulfone groups is 1.